The number of aryl methyl sites for hydroxylation is 1. The van der Waals surface area contributed by atoms with Gasteiger partial charge in [0.05, 0.1) is 11.0 Å². The number of nitrogens with one attached hydrogen (secondary N) is 1. The third kappa shape index (κ3) is 3.38. The molecule has 0 heterocycles. The van der Waals surface area contributed by atoms with E-state index in [-0.39, 0.29) is 0 Å². The normalized spacial score (nSPS) is 14.9. The summed E-state index contributed by atoms with van der Waals surface area (Å²) >= 11 is 0. The number of rotatable bonds is 5. The van der Waals surface area contributed by atoms with Crippen LogP contribution in [-0.4, -0.2) is 4.21 Å². The first kappa shape index (κ1) is 15.4. The Kier molecular flexibility index (Phi) is 4.89. The van der Waals surface area contributed by atoms with Crippen LogP contribution in [0.5, 0.6) is 0 Å². The highest BCUT2D eigenvalue weighted by atomic mass is 32.2. The Morgan fingerprint density at radius 2 is 1.76 bits per heavy atom. The van der Waals surface area contributed by atoms with E-state index in [2.05, 4.69) is 10.8 Å². The molecule has 21 heavy (non-hydrogen) atoms. The van der Waals surface area contributed by atoms with E-state index < -0.39 is 16.5 Å². The van der Waals surface area contributed by atoms with Gasteiger partial charge in [-0.15, -0.1) is 0 Å². The van der Waals surface area contributed by atoms with Gasteiger partial charge in [-0.2, -0.15) is 5.26 Å². The zero-order valence-electron chi connectivity index (χ0n) is 12.2. The van der Waals surface area contributed by atoms with Gasteiger partial charge >= 0.3 is 0 Å². The third-order valence-electron chi connectivity index (χ3n) is 3.49. The van der Waals surface area contributed by atoms with Crippen molar-refractivity contribution in [2.45, 2.75) is 30.7 Å². The summed E-state index contributed by atoms with van der Waals surface area (Å²) in [4.78, 5) is 0.671. The first-order valence-electron chi connectivity index (χ1n) is 6.84. The molecule has 0 saturated carbocycles. The Labute approximate surface area is 128 Å². The summed E-state index contributed by atoms with van der Waals surface area (Å²) in [5.41, 5.74) is 0.994. The van der Waals surface area contributed by atoms with Crippen LogP contribution in [0.15, 0.2) is 59.5 Å². The van der Waals surface area contributed by atoms with Crippen molar-refractivity contribution in [1.82, 2.24) is 4.72 Å². The van der Waals surface area contributed by atoms with Gasteiger partial charge in [0.15, 0.2) is 0 Å². The summed E-state index contributed by atoms with van der Waals surface area (Å²) < 4.78 is 15.5. The average Bonchev–Trinajstić information content (AvgIpc) is 2.54. The predicted octanol–water partition coefficient (Wildman–Crippen LogP) is 3.44. The second-order valence-corrected chi connectivity index (χ2v) is 6.13. The molecular weight excluding hydrogens is 280 g/mol. The molecule has 0 aromatic heterocycles. The SMILES string of the molecule is CC[C@](C#N)(N[S@@](=O)c1ccc(C)cc1)c1ccccc1. The van der Waals surface area contributed by atoms with Crippen molar-refractivity contribution in [3.05, 3.63) is 65.7 Å². The van der Waals surface area contributed by atoms with Crippen LogP contribution in [0.25, 0.3) is 0 Å². The molecule has 0 saturated heterocycles. The largest absolute Gasteiger partial charge is 0.237 e. The molecule has 4 heteroatoms. The third-order valence-corrected chi connectivity index (χ3v) is 4.72. The lowest BCUT2D eigenvalue weighted by Gasteiger charge is -2.26. The number of hydrogen-bond donors (Lipinski definition) is 1. The molecule has 108 valence electrons. The van der Waals surface area contributed by atoms with Gasteiger partial charge < -0.3 is 0 Å². The number of nitrogens with zero attached hydrogens (tertiary/aromatic N) is 1. The highest BCUT2D eigenvalue weighted by molar-refractivity contribution is 7.83. The van der Waals surface area contributed by atoms with E-state index in [0.717, 1.165) is 11.1 Å². The maximum atomic E-state index is 12.5. The molecule has 2 aromatic carbocycles. The second kappa shape index (κ2) is 6.66. The second-order valence-electron chi connectivity index (χ2n) is 4.92. The van der Waals surface area contributed by atoms with E-state index in [1.54, 1.807) is 0 Å². The summed E-state index contributed by atoms with van der Waals surface area (Å²) in [5, 5.41) is 9.62. The lowest BCUT2D eigenvalue weighted by Crippen LogP contribution is -2.41. The molecule has 0 aliphatic heterocycles. The minimum atomic E-state index is -1.43. The van der Waals surface area contributed by atoms with E-state index >= 15 is 0 Å². The van der Waals surface area contributed by atoms with E-state index in [0.29, 0.717) is 11.3 Å². The van der Waals surface area contributed by atoms with Gasteiger partial charge in [0, 0.05) is 0 Å². The molecule has 2 rings (SSSR count). The minimum Gasteiger partial charge on any atom is -0.237 e. The Hall–Kier alpha value is -1.96. The van der Waals surface area contributed by atoms with Crippen LogP contribution in [0.3, 0.4) is 0 Å². The molecule has 0 unspecified atom stereocenters. The van der Waals surface area contributed by atoms with Gasteiger partial charge in [0.1, 0.15) is 16.5 Å². The fourth-order valence-electron chi connectivity index (χ4n) is 2.10. The quantitative estimate of drug-likeness (QED) is 0.919. The molecule has 1 N–H and O–H groups in total. The molecule has 0 bridgehead atoms. The number of nitriles is 1. The average molecular weight is 298 g/mol. The van der Waals surface area contributed by atoms with Crippen LogP contribution in [-0.2, 0) is 16.5 Å². The summed E-state index contributed by atoms with van der Waals surface area (Å²) in [7, 11) is -1.43. The Morgan fingerprint density at radius 1 is 1.14 bits per heavy atom. The van der Waals surface area contributed by atoms with Gasteiger partial charge in [-0.1, -0.05) is 55.0 Å². The molecule has 0 radical (unpaired) electrons. The lowest BCUT2D eigenvalue weighted by molar-refractivity contribution is 0.501. The molecule has 0 aliphatic carbocycles. The highest BCUT2D eigenvalue weighted by Gasteiger charge is 2.32. The standard InChI is InChI=1S/C17H18N2OS/c1-3-17(13-18,15-7-5-4-6-8-15)19-21(20)16-11-9-14(2)10-12-16/h4-12,19H,3H2,1-2H3/t17-,21+/m1/s1. The molecule has 0 spiro atoms. The molecule has 3 nitrogen and oxygen atoms in total. The maximum absolute atomic E-state index is 12.5. The fraction of sp³-hybridized carbons (Fsp3) is 0.235. The summed E-state index contributed by atoms with van der Waals surface area (Å²) in [6, 6.07) is 19.2. The first-order valence-corrected chi connectivity index (χ1v) is 7.99. The predicted molar refractivity (Wildman–Crippen MR) is 84.7 cm³/mol. The van der Waals surface area contributed by atoms with Crippen LogP contribution in [0.2, 0.25) is 0 Å². The van der Waals surface area contributed by atoms with Crippen molar-refractivity contribution in [2.75, 3.05) is 0 Å². The van der Waals surface area contributed by atoms with Crippen molar-refractivity contribution in [3.63, 3.8) is 0 Å². The zero-order chi connectivity index (χ0) is 15.3. The number of benzene rings is 2. The molecule has 2 aromatic rings. The van der Waals surface area contributed by atoms with Gasteiger partial charge in [-0.25, -0.2) is 8.93 Å². The molecule has 0 aliphatic rings. The Balaban J connectivity index is 2.31. The number of hydrogen-bond acceptors (Lipinski definition) is 2. The molecular formula is C17H18N2OS. The topological polar surface area (TPSA) is 52.9 Å². The van der Waals surface area contributed by atoms with Crippen molar-refractivity contribution in [3.8, 4) is 6.07 Å². The van der Waals surface area contributed by atoms with Gasteiger partial charge in [0.25, 0.3) is 0 Å². The summed E-state index contributed by atoms with van der Waals surface area (Å²) in [6.07, 6.45) is 0.533. The van der Waals surface area contributed by atoms with Crippen molar-refractivity contribution < 1.29 is 4.21 Å². The smallest absolute Gasteiger partial charge is 0.142 e. The summed E-state index contributed by atoms with van der Waals surface area (Å²) in [5.74, 6) is 0. The Bertz CT molecular complexity index is 661. The van der Waals surface area contributed by atoms with E-state index in [1.165, 1.54) is 0 Å². The molecule has 2 atom stereocenters. The van der Waals surface area contributed by atoms with Crippen LogP contribution in [0, 0.1) is 18.3 Å². The Morgan fingerprint density at radius 3 is 2.29 bits per heavy atom. The van der Waals surface area contributed by atoms with Gasteiger partial charge in [-0.3, -0.25) is 0 Å². The first-order chi connectivity index (χ1) is 10.1. The van der Waals surface area contributed by atoms with Gasteiger partial charge in [0.2, 0.25) is 0 Å². The van der Waals surface area contributed by atoms with Crippen molar-refractivity contribution in [2.24, 2.45) is 0 Å². The molecule has 0 fully saturated rings. The van der Waals surface area contributed by atoms with Crippen LogP contribution in [0.4, 0.5) is 0 Å². The van der Waals surface area contributed by atoms with Crippen LogP contribution in [0.1, 0.15) is 24.5 Å². The van der Waals surface area contributed by atoms with Crippen molar-refractivity contribution >= 4 is 11.0 Å². The summed E-state index contributed by atoms with van der Waals surface area (Å²) in [6.45, 7) is 3.89. The highest BCUT2D eigenvalue weighted by Crippen LogP contribution is 2.25. The van der Waals surface area contributed by atoms with E-state index in [4.69, 9.17) is 0 Å². The monoisotopic (exact) mass is 298 g/mol. The fourth-order valence-corrected chi connectivity index (χ4v) is 3.23. The lowest BCUT2D eigenvalue weighted by atomic mass is 9.90. The zero-order valence-corrected chi connectivity index (χ0v) is 13.0. The minimum absolute atomic E-state index is 0.533. The van der Waals surface area contributed by atoms with Crippen LogP contribution < -0.4 is 4.72 Å². The van der Waals surface area contributed by atoms with E-state index in [1.807, 2.05) is 68.4 Å². The van der Waals surface area contributed by atoms with E-state index in [9.17, 15) is 9.47 Å². The van der Waals surface area contributed by atoms with Gasteiger partial charge in [-0.05, 0) is 31.0 Å². The maximum Gasteiger partial charge on any atom is 0.142 e. The molecule has 0 amide bonds. The van der Waals surface area contributed by atoms with Crippen LogP contribution >= 0.6 is 0 Å². The van der Waals surface area contributed by atoms with Crippen molar-refractivity contribution in [1.29, 1.82) is 5.26 Å².